The Hall–Kier alpha value is -1.28. The van der Waals surface area contributed by atoms with Crippen LogP contribution in [0.1, 0.15) is 44.7 Å². The Kier molecular flexibility index (Phi) is 4.31. The van der Waals surface area contributed by atoms with Gasteiger partial charge in [-0.3, -0.25) is 0 Å². The van der Waals surface area contributed by atoms with Gasteiger partial charge in [-0.15, -0.1) is 0 Å². The number of imidazole rings is 1. The quantitative estimate of drug-likeness (QED) is 0.781. The van der Waals surface area contributed by atoms with Crippen molar-refractivity contribution in [1.82, 2.24) is 9.55 Å². The maximum atomic E-state index is 6.50. The smallest absolute Gasteiger partial charge is 0.0992 e. The second-order valence-electron chi connectivity index (χ2n) is 5.73. The highest BCUT2D eigenvalue weighted by Crippen LogP contribution is 2.31. The molecule has 0 spiro atoms. The molecule has 0 saturated carbocycles. The summed E-state index contributed by atoms with van der Waals surface area (Å²) in [6, 6.07) is 4.36. The number of benzene rings is 1. The van der Waals surface area contributed by atoms with Gasteiger partial charge in [0.15, 0.2) is 0 Å². The van der Waals surface area contributed by atoms with Gasteiger partial charge in [0, 0.05) is 12.4 Å². The van der Waals surface area contributed by atoms with Crippen LogP contribution in [-0.2, 0) is 6.42 Å². The van der Waals surface area contributed by atoms with Crippen molar-refractivity contribution < 1.29 is 0 Å². The Labute approximate surface area is 120 Å². The summed E-state index contributed by atoms with van der Waals surface area (Å²) in [4.78, 5) is 4.12. The minimum atomic E-state index is 0.486. The van der Waals surface area contributed by atoms with E-state index in [1.807, 2.05) is 10.8 Å². The van der Waals surface area contributed by atoms with E-state index < -0.39 is 0 Å². The Balaban J connectivity index is 2.57. The zero-order valence-electron chi connectivity index (χ0n) is 12.0. The van der Waals surface area contributed by atoms with E-state index in [2.05, 4.69) is 44.8 Å². The topological polar surface area (TPSA) is 17.8 Å². The lowest BCUT2D eigenvalue weighted by atomic mass is 9.95. The van der Waals surface area contributed by atoms with Crippen molar-refractivity contribution in [2.24, 2.45) is 5.92 Å². The van der Waals surface area contributed by atoms with E-state index in [1.165, 1.54) is 11.1 Å². The molecule has 0 atom stereocenters. The molecule has 0 N–H and O–H groups in total. The maximum absolute atomic E-state index is 6.50. The number of hydrogen-bond acceptors (Lipinski definition) is 1. The molecule has 0 bridgehead atoms. The summed E-state index contributed by atoms with van der Waals surface area (Å²) in [6.07, 6.45) is 6.56. The predicted molar refractivity (Wildman–Crippen MR) is 81.2 cm³/mol. The molecule has 19 heavy (non-hydrogen) atoms. The first kappa shape index (κ1) is 14.1. The number of halogens is 1. The average molecular weight is 277 g/mol. The van der Waals surface area contributed by atoms with Crippen molar-refractivity contribution in [3.05, 3.63) is 47.0 Å². The van der Waals surface area contributed by atoms with Crippen molar-refractivity contribution in [1.29, 1.82) is 0 Å². The molecule has 3 heteroatoms. The van der Waals surface area contributed by atoms with Crippen LogP contribution in [0.5, 0.6) is 0 Å². The lowest BCUT2D eigenvalue weighted by Crippen LogP contribution is -2.04. The maximum Gasteiger partial charge on any atom is 0.0992 e. The third kappa shape index (κ3) is 3.19. The van der Waals surface area contributed by atoms with Crippen LogP contribution in [-0.4, -0.2) is 9.55 Å². The first-order valence-corrected chi connectivity index (χ1v) is 7.17. The average Bonchev–Trinajstić information content (AvgIpc) is 2.80. The van der Waals surface area contributed by atoms with Crippen molar-refractivity contribution in [2.45, 2.75) is 40.0 Å². The molecule has 0 saturated heterocycles. The number of rotatable bonds is 4. The van der Waals surface area contributed by atoms with E-state index in [1.54, 1.807) is 12.5 Å². The van der Waals surface area contributed by atoms with Crippen LogP contribution in [0.4, 0.5) is 0 Å². The standard InChI is InChI=1S/C16H21ClN2/c1-11(2)7-14-8-13(12(3)4)9-15(17)16(14)19-6-5-18-10-19/h5-6,8-12H,7H2,1-4H3. The molecule has 1 aromatic carbocycles. The van der Waals surface area contributed by atoms with Crippen molar-refractivity contribution >= 4 is 11.6 Å². The third-order valence-corrected chi connectivity index (χ3v) is 3.51. The Morgan fingerprint density at radius 1 is 1.21 bits per heavy atom. The molecule has 0 aliphatic carbocycles. The molecule has 0 radical (unpaired) electrons. The molecular weight excluding hydrogens is 256 g/mol. The fraction of sp³-hybridized carbons (Fsp3) is 0.438. The van der Waals surface area contributed by atoms with Gasteiger partial charge in [0.1, 0.15) is 0 Å². The molecule has 102 valence electrons. The van der Waals surface area contributed by atoms with E-state index in [9.17, 15) is 0 Å². The minimum absolute atomic E-state index is 0.486. The van der Waals surface area contributed by atoms with Gasteiger partial charge < -0.3 is 4.57 Å². The summed E-state index contributed by atoms with van der Waals surface area (Å²) in [5.74, 6) is 1.08. The third-order valence-electron chi connectivity index (χ3n) is 3.22. The summed E-state index contributed by atoms with van der Waals surface area (Å²) >= 11 is 6.50. The first-order valence-electron chi connectivity index (χ1n) is 6.79. The van der Waals surface area contributed by atoms with Crippen LogP contribution < -0.4 is 0 Å². The van der Waals surface area contributed by atoms with Crippen molar-refractivity contribution in [2.75, 3.05) is 0 Å². The zero-order valence-corrected chi connectivity index (χ0v) is 12.8. The van der Waals surface area contributed by atoms with Gasteiger partial charge in [-0.1, -0.05) is 45.4 Å². The second-order valence-corrected chi connectivity index (χ2v) is 6.14. The monoisotopic (exact) mass is 276 g/mol. The molecule has 0 fully saturated rings. The highest BCUT2D eigenvalue weighted by atomic mass is 35.5. The summed E-state index contributed by atoms with van der Waals surface area (Å²) in [5, 5.41) is 0.805. The first-order chi connectivity index (χ1) is 8.99. The fourth-order valence-corrected chi connectivity index (χ4v) is 2.63. The van der Waals surface area contributed by atoms with Crippen molar-refractivity contribution in [3.8, 4) is 5.69 Å². The summed E-state index contributed by atoms with van der Waals surface area (Å²) in [6.45, 7) is 8.85. The Bertz CT molecular complexity index is 542. The molecule has 0 aliphatic heterocycles. The van der Waals surface area contributed by atoms with Gasteiger partial charge in [0.25, 0.3) is 0 Å². The van der Waals surface area contributed by atoms with Crippen LogP contribution in [0, 0.1) is 5.92 Å². The SMILES string of the molecule is CC(C)Cc1cc(C(C)C)cc(Cl)c1-n1ccnc1. The van der Waals surface area contributed by atoms with Gasteiger partial charge in [0.05, 0.1) is 17.0 Å². The van der Waals surface area contributed by atoms with E-state index in [4.69, 9.17) is 11.6 Å². The van der Waals surface area contributed by atoms with Gasteiger partial charge >= 0.3 is 0 Å². The summed E-state index contributed by atoms with van der Waals surface area (Å²) in [7, 11) is 0. The van der Waals surface area contributed by atoms with Crippen LogP contribution in [0.25, 0.3) is 5.69 Å². The summed E-state index contributed by atoms with van der Waals surface area (Å²) in [5.41, 5.74) is 3.66. The summed E-state index contributed by atoms with van der Waals surface area (Å²) < 4.78 is 2.00. The largest absolute Gasteiger partial charge is 0.305 e. The normalized spacial score (nSPS) is 11.5. The van der Waals surface area contributed by atoms with Gasteiger partial charge in [-0.2, -0.15) is 0 Å². The van der Waals surface area contributed by atoms with Gasteiger partial charge in [0.2, 0.25) is 0 Å². The Morgan fingerprint density at radius 2 is 1.95 bits per heavy atom. The highest BCUT2D eigenvalue weighted by molar-refractivity contribution is 6.32. The van der Waals surface area contributed by atoms with Crippen LogP contribution in [0.15, 0.2) is 30.9 Å². The minimum Gasteiger partial charge on any atom is -0.305 e. The zero-order chi connectivity index (χ0) is 14.0. The molecule has 2 aromatic rings. The van der Waals surface area contributed by atoms with Crippen LogP contribution in [0.2, 0.25) is 5.02 Å². The lowest BCUT2D eigenvalue weighted by molar-refractivity contribution is 0.643. The number of hydrogen-bond donors (Lipinski definition) is 0. The fourth-order valence-electron chi connectivity index (χ4n) is 2.29. The van der Waals surface area contributed by atoms with E-state index >= 15 is 0 Å². The molecule has 1 aromatic heterocycles. The number of aromatic nitrogens is 2. The van der Waals surface area contributed by atoms with Gasteiger partial charge in [-0.05, 0) is 35.4 Å². The predicted octanol–water partition coefficient (Wildman–Crippen LogP) is 4.85. The second kappa shape index (κ2) is 5.79. The lowest BCUT2D eigenvalue weighted by Gasteiger charge is -2.17. The molecule has 2 nitrogen and oxygen atoms in total. The van der Waals surface area contributed by atoms with Crippen LogP contribution >= 0.6 is 11.6 Å². The molecule has 0 aliphatic rings. The van der Waals surface area contributed by atoms with Crippen LogP contribution in [0.3, 0.4) is 0 Å². The molecule has 0 amide bonds. The molecule has 2 rings (SSSR count). The van der Waals surface area contributed by atoms with E-state index in [0.29, 0.717) is 11.8 Å². The molecule has 1 heterocycles. The van der Waals surface area contributed by atoms with Gasteiger partial charge in [-0.25, -0.2) is 4.98 Å². The molecular formula is C16H21ClN2. The van der Waals surface area contributed by atoms with E-state index in [-0.39, 0.29) is 0 Å². The Morgan fingerprint density at radius 3 is 2.47 bits per heavy atom. The van der Waals surface area contributed by atoms with Crippen molar-refractivity contribution in [3.63, 3.8) is 0 Å². The van der Waals surface area contributed by atoms with E-state index in [0.717, 1.165) is 17.1 Å². The number of nitrogens with zero attached hydrogens (tertiary/aromatic N) is 2. The molecule has 0 unspecified atom stereocenters. The highest BCUT2D eigenvalue weighted by Gasteiger charge is 2.14.